The molecule has 0 amide bonds. The second-order valence-corrected chi connectivity index (χ2v) is 6.48. The van der Waals surface area contributed by atoms with Crippen LogP contribution in [-0.2, 0) is 12.7 Å². The van der Waals surface area contributed by atoms with Crippen LogP contribution in [0.3, 0.4) is 0 Å². The van der Waals surface area contributed by atoms with Gasteiger partial charge in [-0.25, -0.2) is 0 Å². The molecule has 4 aromatic rings. The molecule has 29 heavy (non-hydrogen) atoms. The highest BCUT2D eigenvalue weighted by Crippen LogP contribution is 2.41. The summed E-state index contributed by atoms with van der Waals surface area (Å²) in [5, 5.41) is 19.2. The second kappa shape index (κ2) is 7.43. The topological polar surface area (TPSA) is 49.9 Å². The number of aromatic nitrogens is 1. The third kappa shape index (κ3) is 3.71. The fourth-order valence-electron chi connectivity index (χ4n) is 3.20. The molecule has 0 spiro atoms. The Kier molecular flexibility index (Phi) is 4.80. The summed E-state index contributed by atoms with van der Waals surface area (Å²) < 4.78 is 41.3. The summed E-state index contributed by atoms with van der Waals surface area (Å²) >= 11 is 0. The maximum Gasteiger partial charge on any atom is 0.418 e. The molecule has 0 aliphatic carbocycles. The second-order valence-electron chi connectivity index (χ2n) is 6.48. The molecule has 0 atom stereocenters. The first kappa shape index (κ1) is 18.7. The van der Waals surface area contributed by atoms with E-state index < -0.39 is 11.7 Å². The number of hydrogen-bond acceptors (Lipinski definition) is 3. The van der Waals surface area contributed by atoms with Gasteiger partial charge in [0.2, 0.25) is 5.88 Å². The van der Waals surface area contributed by atoms with E-state index in [2.05, 4.69) is 10.2 Å². The molecule has 1 aromatic heterocycles. The molecule has 0 aliphatic heterocycles. The monoisotopic (exact) mass is 395 g/mol. The minimum atomic E-state index is -4.54. The van der Waals surface area contributed by atoms with Gasteiger partial charge in [0.05, 0.1) is 23.3 Å². The zero-order chi connectivity index (χ0) is 20.4. The summed E-state index contributed by atoms with van der Waals surface area (Å²) in [7, 11) is 0. The van der Waals surface area contributed by atoms with Crippen LogP contribution in [0.2, 0.25) is 0 Å². The average molecular weight is 395 g/mol. The van der Waals surface area contributed by atoms with Crippen LogP contribution in [0, 0.1) is 0 Å². The SMILES string of the molecule is Oc1c(N=Nc2ccccc2C(F)(F)F)c2ccccc2n1Cc1ccccc1. The van der Waals surface area contributed by atoms with Crippen molar-refractivity contribution in [2.45, 2.75) is 12.7 Å². The first-order valence-corrected chi connectivity index (χ1v) is 8.87. The highest BCUT2D eigenvalue weighted by atomic mass is 19.4. The molecule has 0 radical (unpaired) electrons. The third-order valence-electron chi connectivity index (χ3n) is 4.57. The van der Waals surface area contributed by atoms with Crippen molar-refractivity contribution in [3.8, 4) is 5.88 Å². The van der Waals surface area contributed by atoms with Crippen LogP contribution in [0.25, 0.3) is 10.9 Å². The Labute approximate surface area is 164 Å². The van der Waals surface area contributed by atoms with Crippen molar-refractivity contribution in [1.82, 2.24) is 4.57 Å². The van der Waals surface area contributed by atoms with Crippen LogP contribution in [0.1, 0.15) is 11.1 Å². The molecule has 0 bridgehead atoms. The Bertz CT molecular complexity index is 1180. The molecule has 0 unspecified atom stereocenters. The third-order valence-corrected chi connectivity index (χ3v) is 4.57. The number of alkyl halides is 3. The molecule has 0 aliphatic rings. The molecule has 0 saturated carbocycles. The van der Waals surface area contributed by atoms with Crippen LogP contribution in [0.4, 0.5) is 24.5 Å². The Morgan fingerprint density at radius 3 is 2.21 bits per heavy atom. The van der Waals surface area contributed by atoms with Crippen molar-refractivity contribution in [1.29, 1.82) is 0 Å². The number of aromatic hydroxyl groups is 1. The molecule has 1 heterocycles. The summed E-state index contributed by atoms with van der Waals surface area (Å²) in [6.07, 6.45) is -4.54. The van der Waals surface area contributed by atoms with E-state index in [9.17, 15) is 18.3 Å². The molecule has 0 saturated heterocycles. The Balaban J connectivity index is 1.80. The van der Waals surface area contributed by atoms with Crippen LogP contribution in [0.5, 0.6) is 5.88 Å². The van der Waals surface area contributed by atoms with Gasteiger partial charge in [-0.1, -0.05) is 60.7 Å². The van der Waals surface area contributed by atoms with Gasteiger partial charge in [-0.3, -0.25) is 0 Å². The zero-order valence-corrected chi connectivity index (χ0v) is 15.1. The Morgan fingerprint density at radius 2 is 1.45 bits per heavy atom. The lowest BCUT2D eigenvalue weighted by Gasteiger charge is -2.08. The number of halogens is 3. The summed E-state index contributed by atoms with van der Waals surface area (Å²) in [6, 6.07) is 21.7. The fourth-order valence-corrected chi connectivity index (χ4v) is 3.20. The van der Waals surface area contributed by atoms with Crippen molar-refractivity contribution in [3.05, 3.63) is 90.0 Å². The number of hydrogen-bond donors (Lipinski definition) is 1. The molecule has 7 heteroatoms. The van der Waals surface area contributed by atoms with Gasteiger partial charge in [0.1, 0.15) is 0 Å². The number of para-hydroxylation sites is 1. The van der Waals surface area contributed by atoms with E-state index in [-0.39, 0.29) is 17.3 Å². The summed E-state index contributed by atoms with van der Waals surface area (Å²) in [4.78, 5) is 0. The van der Waals surface area contributed by atoms with E-state index in [4.69, 9.17) is 0 Å². The lowest BCUT2D eigenvalue weighted by atomic mass is 10.2. The standard InChI is InChI=1S/C22H16F3N3O/c23-22(24,25)17-11-5-6-12-18(17)26-27-20-16-10-4-7-13-19(16)28(21(20)29)14-15-8-2-1-3-9-15/h1-13,29H,14H2. The van der Waals surface area contributed by atoms with E-state index >= 15 is 0 Å². The fraction of sp³-hybridized carbons (Fsp3) is 0.0909. The van der Waals surface area contributed by atoms with Gasteiger partial charge in [-0.15, -0.1) is 10.2 Å². The van der Waals surface area contributed by atoms with E-state index in [0.717, 1.165) is 11.6 Å². The van der Waals surface area contributed by atoms with Crippen molar-refractivity contribution >= 4 is 22.3 Å². The summed E-state index contributed by atoms with van der Waals surface area (Å²) in [6.45, 7) is 0.391. The predicted molar refractivity (Wildman–Crippen MR) is 105 cm³/mol. The maximum atomic E-state index is 13.2. The van der Waals surface area contributed by atoms with E-state index in [1.807, 2.05) is 42.5 Å². The minimum Gasteiger partial charge on any atom is -0.493 e. The van der Waals surface area contributed by atoms with Crippen molar-refractivity contribution in [3.63, 3.8) is 0 Å². The molecule has 1 N–H and O–H groups in total. The number of azo groups is 1. The van der Waals surface area contributed by atoms with Crippen molar-refractivity contribution in [2.24, 2.45) is 10.2 Å². The molecular weight excluding hydrogens is 379 g/mol. The van der Waals surface area contributed by atoms with Gasteiger partial charge in [0.25, 0.3) is 0 Å². The molecule has 146 valence electrons. The average Bonchev–Trinajstić information content (AvgIpc) is 2.98. The first-order valence-electron chi connectivity index (χ1n) is 8.87. The normalized spacial score (nSPS) is 12.1. The molecule has 3 aromatic carbocycles. The highest BCUT2D eigenvalue weighted by molar-refractivity contribution is 5.95. The van der Waals surface area contributed by atoms with Crippen LogP contribution in [-0.4, -0.2) is 9.67 Å². The number of fused-ring (bicyclic) bond motifs is 1. The lowest BCUT2D eigenvalue weighted by molar-refractivity contribution is -0.137. The number of rotatable bonds is 4. The smallest absolute Gasteiger partial charge is 0.418 e. The summed E-state index contributed by atoms with van der Waals surface area (Å²) in [5.41, 5.74) is 0.630. The zero-order valence-electron chi connectivity index (χ0n) is 15.1. The van der Waals surface area contributed by atoms with Crippen LogP contribution in [0.15, 0.2) is 89.1 Å². The van der Waals surface area contributed by atoms with Crippen molar-refractivity contribution in [2.75, 3.05) is 0 Å². The maximum absolute atomic E-state index is 13.2. The largest absolute Gasteiger partial charge is 0.493 e. The quantitative estimate of drug-likeness (QED) is 0.378. The minimum absolute atomic E-state index is 0.133. The number of nitrogens with zero attached hydrogens (tertiary/aromatic N) is 3. The van der Waals surface area contributed by atoms with Gasteiger partial charge < -0.3 is 9.67 Å². The highest BCUT2D eigenvalue weighted by Gasteiger charge is 2.33. The van der Waals surface area contributed by atoms with Gasteiger partial charge in [0.15, 0.2) is 5.69 Å². The van der Waals surface area contributed by atoms with Crippen LogP contribution < -0.4 is 0 Å². The van der Waals surface area contributed by atoms with Crippen molar-refractivity contribution < 1.29 is 18.3 Å². The molecular formula is C22H16F3N3O. The first-order chi connectivity index (χ1) is 13.9. The lowest BCUT2D eigenvalue weighted by Crippen LogP contribution is -2.04. The predicted octanol–water partition coefficient (Wildman–Crippen LogP) is 6.83. The Hall–Kier alpha value is -3.61. The van der Waals surface area contributed by atoms with Crippen LogP contribution >= 0.6 is 0 Å². The molecule has 0 fully saturated rings. The van der Waals surface area contributed by atoms with Gasteiger partial charge in [-0.05, 0) is 23.8 Å². The summed E-state index contributed by atoms with van der Waals surface area (Å²) in [5.74, 6) is -0.150. The van der Waals surface area contributed by atoms with E-state index in [0.29, 0.717) is 17.4 Å². The van der Waals surface area contributed by atoms with E-state index in [1.165, 1.54) is 18.2 Å². The van der Waals surface area contributed by atoms with Gasteiger partial charge >= 0.3 is 6.18 Å². The molecule has 4 rings (SSSR count). The number of benzene rings is 3. The Morgan fingerprint density at radius 1 is 0.793 bits per heavy atom. The molecule has 4 nitrogen and oxygen atoms in total. The van der Waals surface area contributed by atoms with Gasteiger partial charge in [-0.2, -0.15) is 13.2 Å². The van der Waals surface area contributed by atoms with E-state index in [1.54, 1.807) is 16.7 Å². The van der Waals surface area contributed by atoms with Gasteiger partial charge in [0, 0.05) is 5.39 Å².